The van der Waals surface area contributed by atoms with Gasteiger partial charge in [0.2, 0.25) is 11.6 Å². The van der Waals surface area contributed by atoms with Crippen LogP contribution in [0.15, 0.2) is 91.0 Å². The molecule has 0 aliphatic heterocycles. The Balaban J connectivity index is 1.78. The molecule has 0 atom stereocenters. The number of hydrogen-bond acceptors (Lipinski definition) is 3. The molecule has 3 aromatic carbocycles. The number of ketones is 1. The van der Waals surface area contributed by atoms with E-state index in [2.05, 4.69) is 0 Å². The summed E-state index contributed by atoms with van der Waals surface area (Å²) in [6.45, 7) is 2.28. The lowest BCUT2D eigenvalue weighted by Crippen LogP contribution is -2.41. The second-order valence-electron chi connectivity index (χ2n) is 6.19. The lowest BCUT2D eigenvalue weighted by molar-refractivity contribution is -0.203. The van der Waals surface area contributed by atoms with E-state index in [1.54, 1.807) is 19.1 Å². The van der Waals surface area contributed by atoms with E-state index in [0.29, 0.717) is 18.8 Å². The predicted molar refractivity (Wildman–Crippen MR) is 102 cm³/mol. The minimum absolute atomic E-state index is 0.190. The topological polar surface area (TPSA) is 35.5 Å². The third-order valence-corrected chi connectivity index (χ3v) is 4.16. The number of hydrogen-bond donors (Lipinski definition) is 0. The van der Waals surface area contributed by atoms with Gasteiger partial charge in [-0.05, 0) is 18.1 Å². The summed E-state index contributed by atoms with van der Waals surface area (Å²) in [5, 5.41) is 0. The Hall–Kier alpha value is -2.75. The number of ether oxygens (including phenoxy) is 2. The summed E-state index contributed by atoms with van der Waals surface area (Å²) in [6.07, 6.45) is 0. The number of carbonyl (C=O) groups is 1. The number of Topliss-reactive ketones (excluding diaryl/α,β-unsaturated/α-hetero) is 1. The van der Waals surface area contributed by atoms with Crippen molar-refractivity contribution in [2.45, 2.75) is 25.9 Å². The fraction of sp³-hybridized carbons (Fsp3) is 0.174. The molecule has 0 radical (unpaired) electrons. The number of carbonyl (C=O) groups excluding carboxylic acids is 1. The SMILES string of the molecule is CC(OCc1ccccc1)(OCc1ccccc1)C(=O)c1ccccc1. The summed E-state index contributed by atoms with van der Waals surface area (Å²) >= 11 is 0. The average Bonchev–Trinajstić information content (AvgIpc) is 2.72. The van der Waals surface area contributed by atoms with Gasteiger partial charge in [0.1, 0.15) is 0 Å². The number of rotatable bonds is 8. The number of benzene rings is 3. The molecular formula is C23H22O3. The molecule has 26 heavy (non-hydrogen) atoms. The molecule has 0 unspecified atom stereocenters. The highest BCUT2D eigenvalue weighted by atomic mass is 16.7. The highest BCUT2D eigenvalue weighted by Gasteiger charge is 2.36. The molecule has 0 aliphatic carbocycles. The van der Waals surface area contributed by atoms with Crippen LogP contribution >= 0.6 is 0 Å². The highest BCUT2D eigenvalue weighted by molar-refractivity contribution is 6.01. The third kappa shape index (κ3) is 4.66. The van der Waals surface area contributed by atoms with E-state index in [4.69, 9.17) is 9.47 Å². The average molecular weight is 346 g/mol. The van der Waals surface area contributed by atoms with Crippen LogP contribution in [0.5, 0.6) is 0 Å². The van der Waals surface area contributed by atoms with Crippen LogP contribution in [0.2, 0.25) is 0 Å². The van der Waals surface area contributed by atoms with Gasteiger partial charge in [-0.1, -0.05) is 91.0 Å². The van der Waals surface area contributed by atoms with E-state index in [0.717, 1.165) is 11.1 Å². The molecule has 0 spiro atoms. The normalized spacial score (nSPS) is 11.3. The molecule has 0 saturated heterocycles. The predicted octanol–water partition coefficient (Wildman–Crippen LogP) is 5.02. The van der Waals surface area contributed by atoms with Crippen molar-refractivity contribution in [3.8, 4) is 0 Å². The standard InChI is InChI=1S/C23H22O3/c1-23(22(24)21-15-9-4-10-16-21,25-17-19-11-5-2-6-12-19)26-18-20-13-7-3-8-14-20/h2-16H,17-18H2,1H3. The van der Waals surface area contributed by atoms with Gasteiger partial charge in [-0.2, -0.15) is 0 Å². The van der Waals surface area contributed by atoms with Crippen LogP contribution in [0.1, 0.15) is 28.4 Å². The van der Waals surface area contributed by atoms with Crippen LogP contribution in [0, 0.1) is 0 Å². The minimum Gasteiger partial charge on any atom is -0.339 e. The smallest absolute Gasteiger partial charge is 0.231 e. The van der Waals surface area contributed by atoms with Gasteiger partial charge < -0.3 is 9.47 Å². The van der Waals surface area contributed by atoms with Crippen molar-refractivity contribution in [3.05, 3.63) is 108 Å². The van der Waals surface area contributed by atoms with Crippen molar-refractivity contribution in [1.82, 2.24) is 0 Å². The molecule has 0 heterocycles. The molecule has 0 amide bonds. The van der Waals surface area contributed by atoms with Gasteiger partial charge in [0, 0.05) is 5.56 Å². The van der Waals surface area contributed by atoms with E-state index in [9.17, 15) is 4.79 Å². The fourth-order valence-corrected chi connectivity index (χ4v) is 2.62. The summed E-state index contributed by atoms with van der Waals surface area (Å²) in [6, 6.07) is 28.6. The molecule has 0 bridgehead atoms. The van der Waals surface area contributed by atoms with Crippen LogP contribution in [0.4, 0.5) is 0 Å². The maximum atomic E-state index is 13.1. The lowest BCUT2D eigenvalue weighted by Gasteiger charge is -2.29. The Morgan fingerprint density at radius 2 is 1.08 bits per heavy atom. The van der Waals surface area contributed by atoms with E-state index in [-0.39, 0.29) is 5.78 Å². The molecule has 3 rings (SSSR count). The molecule has 0 fully saturated rings. The van der Waals surface area contributed by atoms with Crippen molar-refractivity contribution < 1.29 is 14.3 Å². The first kappa shape index (κ1) is 18.1. The molecule has 0 saturated carbocycles. The van der Waals surface area contributed by atoms with Crippen molar-refractivity contribution in [2.24, 2.45) is 0 Å². The summed E-state index contributed by atoms with van der Waals surface area (Å²) in [5.41, 5.74) is 2.54. The summed E-state index contributed by atoms with van der Waals surface area (Å²) < 4.78 is 12.0. The van der Waals surface area contributed by atoms with Crippen LogP contribution < -0.4 is 0 Å². The molecule has 0 N–H and O–H groups in total. The summed E-state index contributed by atoms with van der Waals surface area (Å²) in [7, 11) is 0. The van der Waals surface area contributed by atoms with E-state index in [1.807, 2.05) is 78.9 Å². The van der Waals surface area contributed by atoms with Crippen molar-refractivity contribution in [1.29, 1.82) is 0 Å². The molecule has 3 heteroatoms. The Morgan fingerprint density at radius 3 is 1.50 bits per heavy atom. The largest absolute Gasteiger partial charge is 0.339 e. The third-order valence-electron chi connectivity index (χ3n) is 4.16. The van der Waals surface area contributed by atoms with Crippen LogP contribution in [0.25, 0.3) is 0 Å². The van der Waals surface area contributed by atoms with Crippen molar-refractivity contribution in [3.63, 3.8) is 0 Å². The van der Waals surface area contributed by atoms with Crippen LogP contribution in [-0.4, -0.2) is 11.6 Å². The van der Waals surface area contributed by atoms with Crippen LogP contribution in [-0.2, 0) is 22.7 Å². The van der Waals surface area contributed by atoms with E-state index >= 15 is 0 Å². The van der Waals surface area contributed by atoms with Crippen LogP contribution in [0.3, 0.4) is 0 Å². The Bertz CT molecular complexity index is 770. The first-order chi connectivity index (χ1) is 12.7. The zero-order chi connectivity index (χ0) is 18.2. The van der Waals surface area contributed by atoms with Crippen molar-refractivity contribution in [2.75, 3.05) is 0 Å². The summed E-state index contributed by atoms with van der Waals surface area (Å²) in [4.78, 5) is 13.1. The molecule has 3 aromatic rings. The van der Waals surface area contributed by atoms with Gasteiger partial charge in [0.05, 0.1) is 13.2 Å². The second kappa shape index (κ2) is 8.56. The zero-order valence-electron chi connectivity index (χ0n) is 14.8. The monoisotopic (exact) mass is 346 g/mol. The first-order valence-electron chi connectivity index (χ1n) is 8.63. The quantitative estimate of drug-likeness (QED) is 0.424. The Labute approximate surface area is 154 Å². The van der Waals surface area contributed by atoms with Gasteiger partial charge in [-0.15, -0.1) is 0 Å². The minimum atomic E-state index is -1.37. The van der Waals surface area contributed by atoms with E-state index in [1.165, 1.54) is 0 Å². The Morgan fingerprint density at radius 1 is 0.692 bits per heavy atom. The Kier molecular flexibility index (Phi) is 5.95. The molecule has 132 valence electrons. The van der Waals surface area contributed by atoms with Gasteiger partial charge in [0.15, 0.2) is 0 Å². The first-order valence-corrected chi connectivity index (χ1v) is 8.63. The molecule has 0 aromatic heterocycles. The van der Waals surface area contributed by atoms with E-state index < -0.39 is 5.79 Å². The second-order valence-corrected chi connectivity index (χ2v) is 6.19. The maximum Gasteiger partial charge on any atom is 0.231 e. The maximum absolute atomic E-state index is 13.1. The summed E-state index contributed by atoms with van der Waals surface area (Å²) in [5.74, 6) is -1.56. The fourth-order valence-electron chi connectivity index (χ4n) is 2.62. The van der Waals surface area contributed by atoms with Gasteiger partial charge in [-0.25, -0.2) is 0 Å². The zero-order valence-corrected chi connectivity index (χ0v) is 14.8. The van der Waals surface area contributed by atoms with Gasteiger partial charge >= 0.3 is 0 Å². The molecule has 3 nitrogen and oxygen atoms in total. The van der Waals surface area contributed by atoms with Crippen molar-refractivity contribution >= 4 is 5.78 Å². The van der Waals surface area contributed by atoms with Gasteiger partial charge in [-0.3, -0.25) is 4.79 Å². The molecule has 0 aliphatic rings. The molecular weight excluding hydrogens is 324 g/mol. The lowest BCUT2D eigenvalue weighted by atomic mass is 10.0. The van der Waals surface area contributed by atoms with Gasteiger partial charge in [0.25, 0.3) is 0 Å². The highest BCUT2D eigenvalue weighted by Crippen LogP contribution is 2.23.